The number of aromatic nitrogens is 6. The van der Waals surface area contributed by atoms with Crippen molar-refractivity contribution in [2.75, 3.05) is 5.32 Å². The third-order valence-electron chi connectivity index (χ3n) is 2.68. The largest absolute Gasteiger partial charge is 0.348 e. The van der Waals surface area contributed by atoms with Crippen molar-refractivity contribution < 1.29 is 0 Å². The normalized spacial score (nSPS) is 10.8. The van der Waals surface area contributed by atoms with Gasteiger partial charge in [0, 0.05) is 23.5 Å². The summed E-state index contributed by atoms with van der Waals surface area (Å²) in [5.41, 5.74) is 0. The van der Waals surface area contributed by atoms with Gasteiger partial charge >= 0.3 is 0 Å². The lowest BCUT2D eigenvalue weighted by Crippen LogP contribution is -2.08. The molecule has 0 saturated carbocycles. The van der Waals surface area contributed by atoms with Crippen LogP contribution >= 0.6 is 22.9 Å². The highest BCUT2D eigenvalue weighted by Crippen LogP contribution is 2.15. The summed E-state index contributed by atoms with van der Waals surface area (Å²) in [7, 11) is 0. The standard InChI is InChI=1S/C12H12ClN7S/c1-2-8-5-15-9(21-8)6-16-11-17-10(13)18-12(19-11)20-4-3-14-7-20/h3-5,7H,2,6H2,1H3,(H,16,17,18,19). The van der Waals surface area contributed by atoms with Crippen LogP contribution in [0.2, 0.25) is 5.28 Å². The molecule has 0 radical (unpaired) electrons. The average Bonchev–Trinajstić information content (AvgIpc) is 3.16. The molecule has 1 N–H and O–H groups in total. The summed E-state index contributed by atoms with van der Waals surface area (Å²) in [4.78, 5) is 22.0. The highest BCUT2D eigenvalue weighted by atomic mass is 35.5. The molecule has 3 heterocycles. The predicted octanol–water partition coefficient (Wildman–Crippen LogP) is 2.34. The summed E-state index contributed by atoms with van der Waals surface area (Å²) in [6, 6.07) is 0. The van der Waals surface area contributed by atoms with Crippen LogP contribution in [-0.4, -0.2) is 29.5 Å². The number of aryl methyl sites for hydroxylation is 1. The number of nitrogens with one attached hydrogen (secondary N) is 1. The summed E-state index contributed by atoms with van der Waals surface area (Å²) < 4.78 is 1.66. The number of anilines is 1. The molecule has 21 heavy (non-hydrogen) atoms. The summed E-state index contributed by atoms with van der Waals surface area (Å²) in [6.45, 7) is 2.66. The van der Waals surface area contributed by atoms with Gasteiger partial charge in [0.1, 0.15) is 11.3 Å². The van der Waals surface area contributed by atoms with Gasteiger partial charge in [0.05, 0.1) is 6.54 Å². The Hall–Kier alpha value is -2.06. The van der Waals surface area contributed by atoms with Gasteiger partial charge in [-0.05, 0) is 18.0 Å². The molecule has 3 aromatic rings. The Kier molecular flexibility index (Phi) is 4.07. The SMILES string of the molecule is CCc1cnc(CNc2nc(Cl)nc(-n3ccnc3)n2)s1. The molecule has 0 aliphatic carbocycles. The quantitative estimate of drug-likeness (QED) is 0.776. The van der Waals surface area contributed by atoms with E-state index in [1.165, 1.54) is 4.88 Å². The third-order valence-corrected chi connectivity index (χ3v) is 3.99. The van der Waals surface area contributed by atoms with Crippen LogP contribution in [0.15, 0.2) is 24.9 Å². The van der Waals surface area contributed by atoms with E-state index < -0.39 is 0 Å². The highest BCUT2D eigenvalue weighted by molar-refractivity contribution is 7.11. The van der Waals surface area contributed by atoms with Crippen LogP contribution in [0.5, 0.6) is 0 Å². The van der Waals surface area contributed by atoms with Crippen molar-refractivity contribution in [1.82, 2.24) is 29.5 Å². The van der Waals surface area contributed by atoms with E-state index in [9.17, 15) is 0 Å². The highest BCUT2D eigenvalue weighted by Gasteiger charge is 2.07. The van der Waals surface area contributed by atoms with E-state index >= 15 is 0 Å². The van der Waals surface area contributed by atoms with Gasteiger partial charge in [0.25, 0.3) is 0 Å². The molecule has 0 spiro atoms. The molecule has 0 aromatic carbocycles. The molecule has 9 heteroatoms. The number of imidazole rings is 1. The van der Waals surface area contributed by atoms with Crippen LogP contribution in [0.1, 0.15) is 16.8 Å². The topological polar surface area (TPSA) is 81.4 Å². The number of rotatable bonds is 5. The van der Waals surface area contributed by atoms with Crippen LogP contribution in [0.25, 0.3) is 5.95 Å². The molecule has 0 saturated heterocycles. The number of halogens is 1. The maximum Gasteiger partial charge on any atom is 0.241 e. The molecule has 0 bridgehead atoms. The summed E-state index contributed by atoms with van der Waals surface area (Å²) in [6.07, 6.45) is 7.86. The van der Waals surface area contributed by atoms with Gasteiger partial charge in [-0.2, -0.15) is 15.0 Å². The van der Waals surface area contributed by atoms with Crippen LogP contribution in [0, 0.1) is 0 Å². The zero-order chi connectivity index (χ0) is 14.7. The van der Waals surface area contributed by atoms with Crippen LogP contribution in [0.4, 0.5) is 5.95 Å². The summed E-state index contributed by atoms with van der Waals surface area (Å²) >= 11 is 7.59. The van der Waals surface area contributed by atoms with Gasteiger partial charge in [0.15, 0.2) is 0 Å². The summed E-state index contributed by atoms with van der Waals surface area (Å²) in [5, 5.41) is 4.22. The van der Waals surface area contributed by atoms with E-state index in [1.807, 2.05) is 6.20 Å². The predicted molar refractivity (Wildman–Crippen MR) is 80.8 cm³/mol. The minimum Gasteiger partial charge on any atom is -0.348 e. The van der Waals surface area contributed by atoms with Gasteiger partial charge in [0.2, 0.25) is 17.2 Å². The molecule has 0 aliphatic heterocycles. The zero-order valence-corrected chi connectivity index (χ0v) is 12.8. The smallest absolute Gasteiger partial charge is 0.241 e. The van der Waals surface area contributed by atoms with Crippen molar-refractivity contribution >= 4 is 28.9 Å². The molecular formula is C12H12ClN7S. The molecule has 3 rings (SSSR count). The minimum atomic E-state index is 0.129. The molecule has 3 aromatic heterocycles. The average molecular weight is 322 g/mol. The fourth-order valence-corrected chi connectivity index (χ4v) is 2.62. The maximum atomic E-state index is 5.93. The van der Waals surface area contributed by atoms with E-state index in [0.717, 1.165) is 11.4 Å². The van der Waals surface area contributed by atoms with Gasteiger partial charge in [-0.3, -0.25) is 4.57 Å². The second kappa shape index (κ2) is 6.15. The molecule has 0 unspecified atom stereocenters. The van der Waals surface area contributed by atoms with E-state index in [4.69, 9.17) is 11.6 Å². The first-order chi connectivity index (χ1) is 10.2. The Bertz CT molecular complexity index is 725. The van der Waals surface area contributed by atoms with E-state index in [0.29, 0.717) is 18.4 Å². The second-order valence-electron chi connectivity index (χ2n) is 4.13. The first kappa shape index (κ1) is 13.9. The Labute approximate surface area is 130 Å². The number of thiazole rings is 1. The van der Waals surface area contributed by atoms with Crippen molar-refractivity contribution in [1.29, 1.82) is 0 Å². The van der Waals surface area contributed by atoms with Gasteiger partial charge in [-0.15, -0.1) is 11.3 Å². The fraction of sp³-hybridized carbons (Fsp3) is 0.250. The number of hydrogen-bond acceptors (Lipinski definition) is 7. The lowest BCUT2D eigenvalue weighted by atomic mass is 10.4. The number of hydrogen-bond donors (Lipinski definition) is 1. The lowest BCUT2D eigenvalue weighted by Gasteiger charge is -2.05. The van der Waals surface area contributed by atoms with E-state index in [-0.39, 0.29) is 5.28 Å². The van der Waals surface area contributed by atoms with Crippen molar-refractivity contribution in [3.8, 4) is 5.95 Å². The van der Waals surface area contributed by atoms with Crippen LogP contribution in [-0.2, 0) is 13.0 Å². The van der Waals surface area contributed by atoms with Crippen LogP contribution < -0.4 is 5.32 Å². The molecule has 0 amide bonds. The Morgan fingerprint density at radius 3 is 2.95 bits per heavy atom. The molecule has 7 nitrogen and oxygen atoms in total. The Balaban J connectivity index is 1.76. The maximum absolute atomic E-state index is 5.93. The van der Waals surface area contributed by atoms with Crippen molar-refractivity contribution in [3.63, 3.8) is 0 Å². The van der Waals surface area contributed by atoms with Gasteiger partial charge in [-0.25, -0.2) is 9.97 Å². The molecular weight excluding hydrogens is 310 g/mol. The Morgan fingerprint density at radius 1 is 1.33 bits per heavy atom. The first-order valence-corrected chi connectivity index (χ1v) is 7.51. The summed E-state index contributed by atoms with van der Waals surface area (Å²) in [5.74, 6) is 0.829. The minimum absolute atomic E-state index is 0.129. The van der Waals surface area contributed by atoms with Crippen LogP contribution in [0.3, 0.4) is 0 Å². The third kappa shape index (κ3) is 3.34. The monoisotopic (exact) mass is 321 g/mol. The van der Waals surface area contributed by atoms with Gasteiger partial charge < -0.3 is 5.32 Å². The Morgan fingerprint density at radius 2 is 2.24 bits per heavy atom. The van der Waals surface area contributed by atoms with Crippen molar-refractivity contribution in [2.45, 2.75) is 19.9 Å². The first-order valence-electron chi connectivity index (χ1n) is 6.32. The van der Waals surface area contributed by atoms with E-state index in [2.05, 4.69) is 37.2 Å². The molecule has 0 fully saturated rings. The van der Waals surface area contributed by atoms with Crippen molar-refractivity contribution in [3.05, 3.63) is 40.1 Å². The molecule has 108 valence electrons. The zero-order valence-electron chi connectivity index (χ0n) is 11.2. The van der Waals surface area contributed by atoms with E-state index in [1.54, 1.807) is 34.6 Å². The van der Waals surface area contributed by atoms with Crippen molar-refractivity contribution in [2.24, 2.45) is 0 Å². The van der Waals surface area contributed by atoms with Gasteiger partial charge in [-0.1, -0.05) is 6.92 Å². The lowest BCUT2D eigenvalue weighted by molar-refractivity contribution is 0.887. The molecule has 0 atom stereocenters. The number of nitrogens with zero attached hydrogens (tertiary/aromatic N) is 6. The fourth-order valence-electron chi connectivity index (χ4n) is 1.66. The second-order valence-corrected chi connectivity index (χ2v) is 5.66. The molecule has 0 aliphatic rings.